The van der Waals surface area contributed by atoms with Gasteiger partial charge in [-0.1, -0.05) is 18.2 Å². The van der Waals surface area contributed by atoms with E-state index in [0.717, 1.165) is 22.5 Å². The molecule has 0 saturated heterocycles. The molecule has 6 heteroatoms. The lowest BCUT2D eigenvalue weighted by atomic mass is 10.1. The van der Waals surface area contributed by atoms with Gasteiger partial charge in [0, 0.05) is 32.2 Å². The Kier molecular flexibility index (Phi) is 3.85. The fraction of sp³-hybridized carbons (Fsp3) is 0.158. The number of para-hydroxylation sites is 1. The lowest BCUT2D eigenvalue weighted by Gasteiger charge is -2.21. The van der Waals surface area contributed by atoms with Crippen LogP contribution in [0.3, 0.4) is 0 Å². The summed E-state index contributed by atoms with van der Waals surface area (Å²) in [6.45, 7) is 2.60. The van der Waals surface area contributed by atoms with Crippen molar-refractivity contribution in [2.24, 2.45) is 0 Å². The normalized spacial score (nSPS) is 11.0. The van der Waals surface area contributed by atoms with Gasteiger partial charge in [0.15, 0.2) is 5.65 Å². The number of hydrogen-bond donors (Lipinski definition) is 0. The number of fused-ring (bicyclic) bond motifs is 1. The molecule has 3 aromatic heterocycles. The van der Waals surface area contributed by atoms with Crippen molar-refractivity contribution in [2.75, 3.05) is 11.9 Å². The van der Waals surface area contributed by atoms with E-state index in [0.29, 0.717) is 12.4 Å². The molecule has 0 N–H and O–H groups in total. The van der Waals surface area contributed by atoms with Crippen LogP contribution in [-0.2, 0) is 6.54 Å². The standard InChI is InChI=1S/C19H18N6/c1-14-22-18-16(8-5-10-20-18)19(23-14)24(2)13-15-7-3-4-9-17(15)25-12-6-11-21-25/h3-12H,13H2,1-2H3. The van der Waals surface area contributed by atoms with Crippen molar-refractivity contribution in [1.29, 1.82) is 0 Å². The van der Waals surface area contributed by atoms with Crippen LogP contribution in [0.5, 0.6) is 0 Å². The molecule has 0 saturated carbocycles. The molecule has 124 valence electrons. The maximum atomic E-state index is 4.64. The zero-order valence-corrected chi connectivity index (χ0v) is 14.2. The zero-order chi connectivity index (χ0) is 17.2. The van der Waals surface area contributed by atoms with Gasteiger partial charge in [0.1, 0.15) is 11.6 Å². The summed E-state index contributed by atoms with van der Waals surface area (Å²) in [5, 5.41) is 5.30. The predicted octanol–water partition coefficient (Wildman–Crippen LogP) is 3.16. The summed E-state index contributed by atoms with van der Waals surface area (Å²) in [6, 6.07) is 14.1. The molecule has 25 heavy (non-hydrogen) atoms. The number of hydrogen-bond acceptors (Lipinski definition) is 5. The highest BCUT2D eigenvalue weighted by Gasteiger charge is 2.13. The molecule has 1 aromatic carbocycles. The van der Waals surface area contributed by atoms with Crippen LogP contribution in [0.25, 0.3) is 16.7 Å². The minimum atomic E-state index is 0.705. The van der Waals surface area contributed by atoms with E-state index in [2.05, 4.69) is 37.1 Å². The fourth-order valence-electron chi connectivity index (χ4n) is 2.95. The van der Waals surface area contributed by atoms with Crippen LogP contribution in [0, 0.1) is 6.92 Å². The van der Waals surface area contributed by atoms with Gasteiger partial charge < -0.3 is 4.90 Å². The minimum Gasteiger partial charge on any atom is -0.355 e. The van der Waals surface area contributed by atoms with Crippen LogP contribution in [0.15, 0.2) is 61.1 Å². The number of aryl methyl sites for hydroxylation is 1. The molecular formula is C19H18N6. The highest BCUT2D eigenvalue weighted by atomic mass is 15.3. The predicted molar refractivity (Wildman–Crippen MR) is 97.7 cm³/mol. The molecule has 0 radical (unpaired) electrons. The minimum absolute atomic E-state index is 0.705. The van der Waals surface area contributed by atoms with Gasteiger partial charge in [-0.3, -0.25) is 0 Å². The third kappa shape index (κ3) is 2.94. The maximum absolute atomic E-state index is 4.64. The summed E-state index contributed by atoms with van der Waals surface area (Å²) >= 11 is 0. The van der Waals surface area contributed by atoms with Crippen LogP contribution in [-0.4, -0.2) is 31.8 Å². The van der Waals surface area contributed by atoms with Crippen molar-refractivity contribution in [3.8, 4) is 5.69 Å². The number of pyridine rings is 1. The molecule has 0 aliphatic rings. The molecule has 4 aromatic rings. The Hall–Kier alpha value is -3.28. The smallest absolute Gasteiger partial charge is 0.164 e. The van der Waals surface area contributed by atoms with Gasteiger partial charge in [-0.2, -0.15) is 5.10 Å². The fourth-order valence-corrected chi connectivity index (χ4v) is 2.95. The van der Waals surface area contributed by atoms with Crippen molar-refractivity contribution in [3.63, 3.8) is 0 Å². The Bertz CT molecular complexity index is 1010. The first kappa shape index (κ1) is 15.3. The van der Waals surface area contributed by atoms with E-state index in [9.17, 15) is 0 Å². The lowest BCUT2D eigenvalue weighted by molar-refractivity contribution is 0.833. The van der Waals surface area contributed by atoms with Gasteiger partial charge in [0.2, 0.25) is 0 Å². The lowest BCUT2D eigenvalue weighted by Crippen LogP contribution is -2.20. The van der Waals surface area contributed by atoms with Gasteiger partial charge >= 0.3 is 0 Å². The van der Waals surface area contributed by atoms with Gasteiger partial charge in [0.05, 0.1) is 11.1 Å². The summed E-state index contributed by atoms with van der Waals surface area (Å²) in [4.78, 5) is 15.5. The van der Waals surface area contributed by atoms with E-state index in [1.54, 1.807) is 12.4 Å². The first-order valence-electron chi connectivity index (χ1n) is 8.11. The molecule has 0 fully saturated rings. The summed E-state index contributed by atoms with van der Waals surface area (Å²) < 4.78 is 1.88. The van der Waals surface area contributed by atoms with E-state index in [1.807, 2.05) is 55.2 Å². The summed E-state index contributed by atoms with van der Waals surface area (Å²) in [5.74, 6) is 1.60. The first-order valence-corrected chi connectivity index (χ1v) is 8.11. The quantitative estimate of drug-likeness (QED) is 0.575. The Morgan fingerprint density at radius 2 is 1.88 bits per heavy atom. The van der Waals surface area contributed by atoms with Crippen LogP contribution in [0.1, 0.15) is 11.4 Å². The average molecular weight is 330 g/mol. The van der Waals surface area contributed by atoms with Crippen LogP contribution in [0.2, 0.25) is 0 Å². The van der Waals surface area contributed by atoms with Gasteiger partial charge in [-0.15, -0.1) is 0 Å². The van der Waals surface area contributed by atoms with Crippen molar-refractivity contribution in [1.82, 2.24) is 24.7 Å². The van der Waals surface area contributed by atoms with Gasteiger partial charge in [-0.25, -0.2) is 19.6 Å². The Morgan fingerprint density at radius 3 is 2.72 bits per heavy atom. The van der Waals surface area contributed by atoms with E-state index < -0.39 is 0 Å². The molecule has 0 aliphatic carbocycles. The number of aromatic nitrogens is 5. The topological polar surface area (TPSA) is 59.7 Å². The Balaban J connectivity index is 1.74. The van der Waals surface area contributed by atoms with E-state index in [4.69, 9.17) is 0 Å². The molecule has 0 spiro atoms. The molecule has 3 heterocycles. The van der Waals surface area contributed by atoms with Crippen molar-refractivity contribution < 1.29 is 0 Å². The highest BCUT2D eigenvalue weighted by Crippen LogP contribution is 2.24. The molecule has 0 amide bonds. The molecule has 4 rings (SSSR count). The Morgan fingerprint density at radius 1 is 1.00 bits per heavy atom. The second kappa shape index (κ2) is 6.32. The molecular weight excluding hydrogens is 312 g/mol. The molecule has 6 nitrogen and oxygen atoms in total. The molecule has 0 atom stereocenters. The number of nitrogens with zero attached hydrogens (tertiary/aromatic N) is 6. The molecule has 0 unspecified atom stereocenters. The van der Waals surface area contributed by atoms with Crippen LogP contribution < -0.4 is 4.90 Å². The van der Waals surface area contributed by atoms with Gasteiger partial charge in [-0.05, 0) is 36.8 Å². The van der Waals surface area contributed by atoms with E-state index >= 15 is 0 Å². The largest absolute Gasteiger partial charge is 0.355 e. The second-order valence-corrected chi connectivity index (χ2v) is 5.90. The molecule has 0 aliphatic heterocycles. The van der Waals surface area contributed by atoms with E-state index in [1.165, 1.54) is 5.56 Å². The van der Waals surface area contributed by atoms with Crippen molar-refractivity contribution in [3.05, 3.63) is 72.4 Å². The van der Waals surface area contributed by atoms with Crippen molar-refractivity contribution in [2.45, 2.75) is 13.5 Å². The number of anilines is 1. The monoisotopic (exact) mass is 330 g/mol. The van der Waals surface area contributed by atoms with Crippen LogP contribution in [0.4, 0.5) is 5.82 Å². The maximum Gasteiger partial charge on any atom is 0.164 e. The Labute approximate surface area is 145 Å². The average Bonchev–Trinajstić information content (AvgIpc) is 3.16. The number of benzene rings is 1. The number of rotatable bonds is 4. The third-order valence-electron chi connectivity index (χ3n) is 4.07. The van der Waals surface area contributed by atoms with E-state index in [-0.39, 0.29) is 0 Å². The SMILES string of the molecule is Cc1nc(N(C)Cc2ccccc2-n2cccn2)c2cccnc2n1. The summed E-state index contributed by atoms with van der Waals surface area (Å²) in [5.41, 5.74) is 2.95. The van der Waals surface area contributed by atoms with Crippen LogP contribution >= 0.6 is 0 Å². The van der Waals surface area contributed by atoms with Crippen molar-refractivity contribution >= 4 is 16.9 Å². The summed E-state index contributed by atoms with van der Waals surface area (Å²) in [7, 11) is 2.04. The molecule has 0 bridgehead atoms. The zero-order valence-electron chi connectivity index (χ0n) is 14.2. The second-order valence-electron chi connectivity index (χ2n) is 5.90. The summed E-state index contributed by atoms with van der Waals surface area (Å²) in [6.07, 6.45) is 5.49. The first-order chi connectivity index (χ1) is 12.2. The third-order valence-corrected chi connectivity index (χ3v) is 4.07. The highest BCUT2D eigenvalue weighted by molar-refractivity contribution is 5.86. The van der Waals surface area contributed by atoms with Gasteiger partial charge in [0.25, 0.3) is 0 Å².